The number of carbonyl (C=O) groups excluding carboxylic acids is 1. The molecule has 2 aromatic heterocycles. The van der Waals surface area contributed by atoms with Gasteiger partial charge in [0, 0.05) is 30.3 Å². The molecule has 156 valence electrons. The maximum atomic E-state index is 12.1. The monoisotopic (exact) mass is 423 g/mol. The van der Waals surface area contributed by atoms with Gasteiger partial charge >= 0.3 is 0 Å². The van der Waals surface area contributed by atoms with Crippen molar-refractivity contribution < 1.29 is 14.3 Å². The Labute approximate surface area is 180 Å². The minimum absolute atomic E-state index is 0.0774. The summed E-state index contributed by atoms with van der Waals surface area (Å²) in [5.41, 5.74) is 2.70. The number of amides is 1. The standard InChI is InChI=1S/C23H25N3O3S/c1-16(2)29-23-10-8-19(13-25-23)12-24-22(27)9-7-18-5-4-6-21(11-18)28-14-20-15-30-17(3)26-20/h4-11,13,15-16H,12,14H2,1-3H3,(H,24,27)/b9-7+. The van der Waals surface area contributed by atoms with Crippen molar-refractivity contribution in [1.29, 1.82) is 0 Å². The maximum absolute atomic E-state index is 12.1. The lowest BCUT2D eigenvalue weighted by molar-refractivity contribution is -0.116. The number of carbonyl (C=O) groups is 1. The molecule has 0 fully saturated rings. The summed E-state index contributed by atoms with van der Waals surface area (Å²) in [5, 5.41) is 5.86. The van der Waals surface area contributed by atoms with Crippen LogP contribution in [0, 0.1) is 6.92 Å². The largest absolute Gasteiger partial charge is 0.487 e. The third-order valence-corrected chi connectivity index (χ3v) is 4.78. The van der Waals surface area contributed by atoms with Gasteiger partial charge in [-0.15, -0.1) is 11.3 Å². The van der Waals surface area contributed by atoms with E-state index in [2.05, 4.69) is 15.3 Å². The summed E-state index contributed by atoms with van der Waals surface area (Å²) in [6, 6.07) is 11.3. The second-order valence-corrected chi connectivity index (χ2v) is 8.00. The number of ether oxygens (including phenoxy) is 2. The molecule has 0 aliphatic heterocycles. The number of nitrogens with zero attached hydrogens (tertiary/aromatic N) is 2. The average Bonchev–Trinajstić information content (AvgIpc) is 3.15. The van der Waals surface area contributed by atoms with Gasteiger partial charge in [0.2, 0.25) is 11.8 Å². The van der Waals surface area contributed by atoms with E-state index >= 15 is 0 Å². The fraction of sp³-hybridized carbons (Fsp3) is 0.261. The molecule has 0 atom stereocenters. The lowest BCUT2D eigenvalue weighted by Gasteiger charge is -2.09. The van der Waals surface area contributed by atoms with E-state index in [-0.39, 0.29) is 12.0 Å². The van der Waals surface area contributed by atoms with Gasteiger partial charge in [0.15, 0.2) is 0 Å². The molecule has 0 radical (unpaired) electrons. The minimum Gasteiger partial charge on any atom is -0.487 e. The number of aryl methyl sites for hydroxylation is 1. The van der Waals surface area contributed by atoms with Crippen molar-refractivity contribution in [2.75, 3.05) is 0 Å². The lowest BCUT2D eigenvalue weighted by atomic mass is 10.2. The van der Waals surface area contributed by atoms with Gasteiger partial charge in [-0.3, -0.25) is 4.79 Å². The summed E-state index contributed by atoms with van der Waals surface area (Å²) < 4.78 is 11.3. The van der Waals surface area contributed by atoms with Crippen molar-refractivity contribution in [2.24, 2.45) is 0 Å². The zero-order chi connectivity index (χ0) is 21.3. The molecule has 7 heteroatoms. The Bertz CT molecular complexity index is 997. The van der Waals surface area contributed by atoms with Crippen LogP contribution in [0.1, 0.15) is 35.7 Å². The van der Waals surface area contributed by atoms with E-state index in [1.54, 1.807) is 29.7 Å². The highest BCUT2D eigenvalue weighted by Crippen LogP contribution is 2.17. The molecule has 0 aliphatic carbocycles. The van der Waals surface area contributed by atoms with E-state index in [1.165, 1.54) is 6.08 Å². The van der Waals surface area contributed by atoms with Crippen LogP contribution < -0.4 is 14.8 Å². The lowest BCUT2D eigenvalue weighted by Crippen LogP contribution is -2.20. The summed E-state index contributed by atoms with van der Waals surface area (Å²) in [5.74, 6) is 1.13. The van der Waals surface area contributed by atoms with E-state index in [1.807, 2.05) is 56.5 Å². The maximum Gasteiger partial charge on any atom is 0.244 e. The number of thiazole rings is 1. The number of aromatic nitrogens is 2. The zero-order valence-corrected chi connectivity index (χ0v) is 18.1. The van der Waals surface area contributed by atoms with Gasteiger partial charge in [0.1, 0.15) is 12.4 Å². The van der Waals surface area contributed by atoms with Crippen LogP contribution in [-0.4, -0.2) is 22.0 Å². The first-order chi connectivity index (χ1) is 14.5. The molecular weight excluding hydrogens is 398 g/mol. The summed E-state index contributed by atoms with van der Waals surface area (Å²) >= 11 is 1.60. The van der Waals surface area contributed by atoms with Crippen molar-refractivity contribution in [1.82, 2.24) is 15.3 Å². The normalized spacial score (nSPS) is 11.1. The Balaban J connectivity index is 1.48. The number of hydrogen-bond acceptors (Lipinski definition) is 6. The molecule has 3 rings (SSSR count). The molecule has 0 saturated heterocycles. The van der Waals surface area contributed by atoms with Crippen LogP contribution in [0.4, 0.5) is 0 Å². The van der Waals surface area contributed by atoms with Crippen molar-refractivity contribution >= 4 is 23.3 Å². The molecule has 3 aromatic rings. The fourth-order valence-electron chi connectivity index (χ4n) is 2.59. The minimum atomic E-state index is -0.179. The summed E-state index contributed by atoms with van der Waals surface area (Å²) in [6.07, 6.45) is 5.04. The molecule has 6 nitrogen and oxygen atoms in total. The van der Waals surface area contributed by atoms with Gasteiger partial charge in [-0.1, -0.05) is 18.2 Å². The Kier molecular flexibility index (Phi) is 7.57. The fourth-order valence-corrected chi connectivity index (χ4v) is 3.18. The molecule has 0 saturated carbocycles. The Morgan fingerprint density at radius 1 is 1.27 bits per heavy atom. The molecule has 1 aromatic carbocycles. The highest BCUT2D eigenvalue weighted by Gasteiger charge is 2.03. The summed E-state index contributed by atoms with van der Waals surface area (Å²) in [4.78, 5) is 20.7. The first-order valence-electron chi connectivity index (χ1n) is 9.69. The predicted molar refractivity (Wildman–Crippen MR) is 119 cm³/mol. The smallest absolute Gasteiger partial charge is 0.244 e. The molecule has 2 heterocycles. The van der Waals surface area contributed by atoms with Crippen LogP contribution in [0.5, 0.6) is 11.6 Å². The number of benzene rings is 1. The van der Waals surface area contributed by atoms with Crippen LogP contribution in [0.15, 0.2) is 54.1 Å². The van der Waals surface area contributed by atoms with Gasteiger partial charge in [-0.05, 0) is 50.1 Å². The topological polar surface area (TPSA) is 73.3 Å². The van der Waals surface area contributed by atoms with Crippen LogP contribution in [0.25, 0.3) is 6.08 Å². The van der Waals surface area contributed by atoms with Crippen molar-refractivity contribution in [3.05, 3.63) is 75.9 Å². The highest BCUT2D eigenvalue weighted by molar-refractivity contribution is 7.09. The van der Waals surface area contributed by atoms with Crippen LogP contribution >= 0.6 is 11.3 Å². The van der Waals surface area contributed by atoms with Crippen LogP contribution in [0.3, 0.4) is 0 Å². The second kappa shape index (κ2) is 10.5. The first-order valence-corrected chi connectivity index (χ1v) is 10.6. The predicted octanol–water partition coefficient (Wildman–Crippen LogP) is 4.54. The molecule has 1 N–H and O–H groups in total. The molecular formula is C23H25N3O3S. The van der Waals surface area contributed by atoms with Gasteiger partial charge in [0.05, 0.1) is 16.8 Å². The van der Waals surface area contributed by atoms with E-state index < -0.39 is 0 Å². The van der Waals surface area contributed by atoms with Gasteiger partial charge < -0.3 is 14.8 Å². The SMILES string of the molecule is Cc1nc(COc2cccc(/C=C/C(=O)NCc3ccc(OC(C)C)nc3)c2)cs1. The third-order valence-electron chi connectivity index (χ3n) is 3.96. The van der Waals surface area contributed by atoms with Gasteiger partial charge in [-0.25, -0.2) is 9.97 Å². The number of pyridine rings is 1. The van der Waals surface area contributed by atoms with Crippen LogP contribution in [-0.2, 0) is 17.9 Å². The summed E-state index contributed by atoms with van der Waals surface area (Å²) in [7, 11) is 0. The van der Waals surface area contributed by atoms with Crippen molar-refractivity contribution in [3.63, 3.8) is 0 Å². The molecule has 30 heavy (non-hydrogen) atoms. The average molecular weight is 424 g/mol. The molecule has 0 aliphatic rings. The molecule has 0 unspecified atom stereocenters. The van der Waals surface area contributed by atoms with Gasteiger partial charge in [0.25, 0.3) is 0 Å². The Hall–Kier alpha value is -3.19. The van der Waals surface area contributed by atoms with Crippen LogP contribution in [0.2, 0.25) is 0 Å². The van der Waals surface area contributed by atoms with Gasteiger partial charge in [-0.2, -0.15) is 0 Å². The molecule has 1 amide bonds. The zero-order valence-electron chi connectivity index (χ0n) is 17.3. The second-order valence-electron chi connectivity index (χ2n) is 6.94. The molecule has 0 spiro atoms. The first kappa shape index (κ1) is 21.5. The third kappa shape index (κ3) is 7.00. The quantitative estimate of drug-likeness (QED) is 0.512. The molecule has 0 bridgehead atoms. The highest BCUT2D eigenvalue weighted by atomic mass is 32.1. The van der Waals surface area contributed by atoms with E-state index in [0.29, 0.717) is 19.0 Å². The van der Waals surface area contributed by atoms with E-state index in [4.69, 9.17) is 9.47 Å². The number of rotatable bonds is 9. The summed E-state index contributed by atoms with van der Waals surface area (Å²) in [6.45, 7) is 6.69. The van der Waals surface area contributed by atoms with E-state index in [9.17, 15) is 4.79 Å². The number of nitrogens with one attached hydrogen (secondary N) is 1. The Morgan fingerprint density at radius 2 is 2.13 bits per heavy atom. The number of hydrogen-bond donors (Lipinski definition) is 1. The Morgan fingerprint density at radius 3 is 2.83 bits per heavy atom. The van der Waals surface area contributed by atoms with E-state index in [0.717, 1.165) is 27.6 Å². The van der Waals surface area contributed by atoms with Crippen molar-refractivity contribution in [3.8, 4) is 11.6 Å². The van der Waals surface area contributed by atoms with Crippen molar-refractivity contribution in [2.45, 2.75) is 40.0 Å².